The minimum Gasteiger partial charge on any atom is -0.497 e. The van der Waals surface area contributed by atoms with E-state index < -0.39 is 0 Å². The van der Waals surface area contributed by atoms with Gasteiger partial charge >= 0.3 is 0 Å². The highest BCUT2D eigenvalue weighted by molar-refractivity contribution is 5.69. The molecule has 2 heteroatoms. The van der Waals surface area contributed by atoms with Crippen LogP contribution < -0.4 is 9.47 Å². The van der Waals surface area contributed by atoms with E-state index in [2.05, 4.69) is 6.07 Å². The van der Waals surface area contributed by atoms with Crippen molar-refractivity contribution in [2.24, 2.45) is 0 Å². The van der Waals surface area contributed by atoms with Crippen LogP contribution >= 0.6 is 0 Å². The van der Waals surface area contributed by atoms with E-state index in [9.17, 15) is 0 Å². The number of methoxy groups -OCH3 is 2. The summed E-state index contributed by atoms with van der Waals surface area (Å²) in [6, 6.07) is 16.8. The van der Waals surface area contributed by atoms with Crippen LogP contribution in [-0.2, 0) is 0 Å². The fourth-order valence-corrected chi connectivity index (χ4v) is 1.55. The molecule has 0 saturated heterocycles. The van der Waals surface area contributed by atoms with Crippen molar-refractivity contribution >= 4 is 12.2 Å². The molecule has 0 atom stereocenters. The highest BCUT2D eigenvalue weighted by Gasteiger charge is 1.92. The molecule has 2 rings (SSSR count). The Morgan fingerprint density at radius 2 is 1.50 bits per heavy atom. The Morgan fingerprint density at radius 1 is 0.833 bits per heavy atom. The first-order valence-electron chi connectivity index (χ1n) is 5.69. The normalized spacial score (nSPS) is 10.6. The lowest BCUT2D eigenvalue weighted by molar-refractivity contribution is 0.414. The number of rotatable bonds is 4. The first-order valence-corrected chi connectivity index (χ1v) is 5.69. The third kappa shape index (κ3) is 3.14. The van der Waals surface area contributed by atoms with Gasteiger partial charge in [-0.25, -0.2) is 0 Å². The fraction of sp³-hybridized carbons (Fsp3) is 0.125. The highest BCUT2D eigenvalue weighted by Crippen LogP contribution is 2.15. The minimum atomic E-state index is 0.816. The molecule has 0 spiro atoms. The molecule has 1 radical (unpaired) electrons. The van der Waals surface area contributed by atoms with Crippen molar-refractivity contribution in [3.63, 3.8) is 0 Å². The quantitative estimate of drug-likeness (QED) is 0.758. The molecule has 0 saturated carbocycles. The van der Waals surface area contributed by atoms with E-state index in [-0.39, 0.29) is 0 Å². The molecule has 0 unspecified atom stereocenters. The Balaban J connectivity index is 2.08. The molecule has 18 heavy (non-hydrogen) atoms. The molecule has 0 fully saturated rings. The standard InChI is InChI=1S/C16H15O2/c1-17-15-9-5-13(6-10-15)3-4-14-7-11-16(18-2)12-8-14/h3-7,9-12H,1-2H3/b4-3+. The second-order valence-corrected chi connectivity index (χ2v) is 3.79. The molecule has 0 bridgehead atoms. The molecule has 91 valence electrons. The van der Waals surface area contributed by atoms with Gasteiger partial charge < -0.3 is 9.47 Å². The van der Waals surface area contributed by atoms with E-state index in [1.165, 1.54) is 0 Å². The SMILES string of the molecule is COc1c[c]c(/C=C/c2ccc(OC)cc2)cc1. The van der Waals surface area contributed by atoms with Gasteiger partial charge in [0.2, 0.25) is 0 Å². The van der Waals surface area contributed by atoms with Gasteiger partial charge in [-0.1, -0.05) is 30.4 Å². The maximum absolute atomic E-state index is 5.11. The summed E-state index contributed by atoms with van der Waals surface area (Å²) in [6.45, 7) is 0. The van der Waals surface area contributed by atoms with Crippen LogP contribution in [-0.4, -0.2) is 14.2 Å². The molecular weight excluding hydrogens is 224 g/mol. The summed E-state index contributed by atoms with van der Waals surface area (Å²) in [5.41, 5.74) is 2.15. The predicted molar refractivity (Wildman–Crippen MR) is 73.8 cm³/mol. The first-order chi connectivity index (χ1) is 8.81. The van der Waals surface area contributed by atoms with Crippen LogP contribution in [0.25, 0.3) is 12.2 Å². The maximum Gasteiger partial charge on any atom is 0.119 e. The lowest BCUT2D eigenvalue weighted by atomic mass is 10.1. The molecular formula is C16H15O2. The smallest absolute Gasteiger partial charge is 0.119 e. The van der Waals surface area contributed by atoms with Gasteiger partial charge in [-0.15, -0.1) is 0 Å². The third-order valence-corrected chi connectivity index (χ3v) is 2.62. The predicted octanol–water partition coefficient (Wildman–Crippen LogP) is 3.67. The first kappa shape index (κ1) is 12.2. The molecule has 0 aliphatic rings. The second kappa shape index (κ2) is 5.92. The molecule has 2 aromatic carbocycles. The zero-order valence-electron chi connectivity index (χ0n) is 10.5. The van der Waals surface area contributed by atoms with Gasteiger partial charge in [0.05, 0.1) is 14.2 Å². The number of hydrogen-bond acceptors (Lipinski definition) is 2. The van der Waals surface area contributed by atoms with Crippen molar-refractivity contribution in [3.05, 3.63) is 59.7 Å². The van der Waals surface area contributed by atoms with Crippen molar-refractivity contribution in [2.45, 2.75) is 0 Å². The maximum atomic E-state index is 5.11. The Labute approximate surface area is 107 Å². The van der Waals surface area contributed by atoms with E-state index in [1.807, 2.05) is 54.6 Å². The monoisotopic (exact) mass is 239 g/mol. The molecule has 0 aromatic heterocycles. The zero-order valence-corrected chi connectivity index (χ0v) is 10.5. The van der Waals surface area contributed by atoms with Crippen molar-refractivity contribution in [2.75, 3.05) is 14.2 Å². The Hall–Kier alpha value is -2.22. The summed E-state index contributed by atoms with van der Waals surface area (Å²) < 4.78 is 10.2. The summed E-state index contributed by atoms with van der Waals surface area (Å²) in [7, 11) is 3.31. The van der Waals surface area contributed by atoms with Gasteiger partial charge in [-0.05, 0) is 41.5 Å². The average Bonchev–Trinajstić information content (AvgIpc) is 2.46. The Morgan fingerprint density at radius 3 is 2.06 bits per heavy atom. The summed E-state index contributed by atoms with van der Waals surface area (Å²) in [4.78, 5) is 0. The summed E-state index contributed by atoms with van der Waals surface area (Å²) in [6.07, 6.45) is 4.05. The molecule has 0 aliphatic carbocycles. The van der Waals surface area contributed by atoms with Gasteiger partial charge in [0, 0.05) is 0 Å². The van der Waals surface area contributed by atoms with E-state index in [0.29, 0.717) is 0 Å². The average molecular weight is 239 g/mol. The number of benzene rings is 2. The van der Waals surface area contributed by atoms with Crippen LogP contribution in [0.3, 0.4) is 0 Å². The third-order valence-electron chi connectivity index (χ3n) is 2.62. The lowest BCUT2D eigenvalue weighted by Crippen LogP contribution is -1.82. The zero-order chi connectivity index (χ0) is 12.8. The Kier molecular flexibility index (Phi) is 4.02. The van der Waals surface area contributed by atoms with E-state index in [1.54, 1.807) is 14.2 Å². The Bertz CT molecular complexity index is 460. The second-order valence-electron chi connectivity index (χ2n) is 3.79. The van der Waals surface area contributed by atoms with Gasteiger partial charge in [-0.3, -0.25) is 0 Å². The van der Waals surface area contributed by atoms with Crippen molar-refractivity contribution < 1.29 is 9.47 Å². The largest absolute Gasteiger partial charge is 0.497 e. The van der Waals surface area contributed by atoms with E-state index in [0.717, 1.165) is 22.6 Å². The van der Waals surface area contributed by atoms with Gasteiger partial charge in [-0.2, -0.15) is 0 Å². The molecule has 0 N–H and O–H groups in total. The van der Waals surface area contributed by atoms with Crippen LogP contribution in [0.5, 0.6) is 11.5 Å². The lowest BCUT2D eigenvalue weighted by Gasteiger charge is -2.00. The van der Waals surface area contributed by atoms with Gasteiger partial charge in [0.15, 0.2) is 0 Å². The van der Waals surface area contributed by atoms with Gasteiger partial charge in [0.1, 0.15) is 11.5 Å². The van der Waals surface area contributed by atoms with Crippen molar-refractivity contribution in [1.82, 2.24) is 0 Å². The number of hydrogen-bond donors (Lipinski definition) is 0. The molecule has 0 aliphatic heterocycles. The van der Waals surface area contributed by atoms with Crippen LogP contribution in [0.2, 0.25) is 0 Å². The fourth-order valence-electron chi connectivity index (χ4n) is 1.55. The van der Waals surface area contributed by atoms with E-state index >= 15 is 0 Å². The molecule has 2 aromatic rings. The van der Waals surface area contributed by atoms with Crippen LogP contribution in [0.4, 0.5) is 0 Å². The van der Waals surface area contributed by atoms with E-state index in [4.69, 9.17) is 9.47 Å². The van der Waals surface area contributed by atoms with Crippen molar-refractivity contribution in [1.29, 1.82) is 0 Å². The minimum absolute atomic E-state index is 0.816. The molecule has 2 nitrogen and oxygen atoms in total. The topological polar surface area (TPSA) is 18.5 Å². The summed E-state index contributed by atoms with van der Waals surface area (Å²) >= 11 is 0. The summed E-state index contributed by atoms with van der Waals surface area (Å²) in [5, 5.41) is 0. The van der Waals surface area contributed by atoms with Crippen molar-refractivity contribution in [3.8, 4) is 11.5 Å². The molecule has 0 amide bonds. The van der Waals surface area contributed by atoms with Crippen LogP contribution in [0, 0.1) is 6.07 Å². The van der Waals surface area contributed by atoms with Crippen LogP contribution in [0.15, 0.2) is 42.5 Å². The van der Waals surface area contributed by atoms with Crippen LogP contribution in [0.1, 0.15) is 11.1 Å². The molecule has 0 heterocycles. The van der Waals surface area contributed by atoms with Gasteiger partial charge in [0.25, 0.3) is 0 Å². The number of ether oxygens (including phenoxy) is 2. The summed E-state index contributed by atoms with van der Waals surface area (Å²) in [5.74, 6) is 1.68. The highest BCUT2D eigenvalue weighted by atomic mass is 16.5.